The van der Waals surface area contributed by atoms with Gasteiger partial charge < -0.3 is 4.42 Å². The number of benzene rings is 2. The smallest absolute Gasteiger partial charge is 0.274 e. The van der Waals surface area contributed by atoms with Crippen LogP contribution in [-0.2, 0) is 0 Å². The summed E-state index contributed by atoms with van der Waals surface area (Å²) in [6, 6.07) is 14.3. The van der Waals surface area contributed by atoms with Crippen molar-refractivity contribution in [2.75, 3.05) is 0 Å². The van der Waals surface area contributed by atoms with Crippen LogP contribution in [0, 0.1) is 17.1 Å². The summed E-state index contributed by atoms with van der Waals surface area (Å²) in [6.45, 7) is 0. The molecule has 9 heteroatoms. The molecule has 0 fully saturated rings. The van der Waals surface area contributed by atoms with Gasteiger partial charge in [0.15, 0.2) is 5.09 Å². The van der Waals surface area contributed by atoms with Gasteiger partial charge in [0.2, 0.25) is 0 Å². The Balaban J connectivity index is 1.65. The van der Waals surface area contributed by atoms with Gasteiger partial charge in [0.1, 0.15) is 11.6 Å². The fourth-order valence-electron chi connectivity index (χ4n) is 2.10. The Morgan fingerprint density at radius 3 is 2.71 bits per heavy atom. The lowest BCUT2D eigenvalue weighted by Gasteiger charge is -2.01. The maximum atomic E-state index is 13.8. The van der Waals surface area contributed by atoms with Crippen molar-refractivity contribution < 1.29 is 13.6 Å². The monoisotopic (exact) mass is 477 g/mol. The van der Waals surface area contributed by atoms with Crippen LogP contribution in [0.5, 0.6) is 0 Å². The number of hydrazone groups is 1. The number of nitriles is 1. The molecule has 0 saturated heterocycles. The average Bonchev–Trinajstić information content (AvgIpc) is 3.02. The summed E-state index contributed by atoms with van der Waals surface area (Å²) in [5.74, 6) is -1.14. The zero-order valence-electron chi connectivity index (χ0n) is 13.9. The highest BCUT2D eigenvalue weighted by Gasteiger charge is 2.12. The van der Waals surface area contributed by atoms with Crippen molar-refractivity contribution in [1.29, 1.82) is 5.26 Å². The summed E-state index contributed by atoms with van der Waals surface area (Å²) < 4.78 is 20.2. The van der Waals surface area contributed by atoms with Crippen molar-refractivity contribution in [2.45, 2.75) is 9.99 Å². The van der Waals surface area contributed by atoms with Gasteiger partial charge in [-0.15, -0.1) is 0 Å². The fourth-order valence-corrected chi connectivity index (χ4v) is 3.55. The minimum Gasteiger partial charge on any atom is -0.447 e. The first-order chi connectivity index (χ1) is 13.5. The van der Waals surface area contributed by atoms with E-state index in [1.54, 1.807) is 24.3 Å². The number of furan rings is 1. The SMILES string of the molecule is N#Cc1ccc(C(=O)N/N=C\c2cc(Br)c(Sc3ccc(Cl)cc3)o2)c(F)c1. The molecule has 1 aromatic heterocycles. The Kier molecular flexibility index (Phi) is 6.52. The first-order valence-electron chi connectivity index (χ1n) is 7.72. The minimum atomic E-state index is -0.797. The summed E-state index contributed by atoms with van der Waals surface area (Å²) in [5.41, 5.74) is 2.14. The number of carbonyl (C=O) groups excluding carboxylic acids is 1. The van der Waals surface area contributed by atoms with E-state index in [0.717, 1.165) is 15.4 Å². The molecule has 1 amide bonds. The predicted molar refractivity (Wildman–Crippen MR) is 108 cm³/mol. The number of rotatable bonds is 5. The standard InChI is InChI=1S/C19H10BrClFN3O2S/c20-16-8-13(27-19(16)28-14-4-2-12(21)3-5-14)10-24-25-18(26)15-6-1-11(9-23)7-17(15)22/h1-8,10H,(H,25,26)/b24-10-. The van der Waals surface area contributed by atoms with E-state index in [-0.39, 0.29) is 11.1 Å². The second-order valence-corrected chi connectivity index (χ2v) is 7.68. The Hall–Kier alpha value is -2.60. The van der Waals surface area contributed by atoms with Gasteiger partial charge in [-0.25, -0.2) is 9.82 Å². The van der Waals surface area contributed by atoms with Gasteiger partial charge in [-0.3, -0.25) is 4.79 Å². The van der Waals surface area contributed by atoms with Crippen LogP contribution in [0.1, 0.15) is 21.7 Å². The van der Waals surface area contributed by atoms with Crippen molar-refractivity contribution in [3.8, 4) is 6.07 Å². The largest absolute Gasteiger partial charge is 0.447 e. The van der Waals surface area contributed by atoms with Crippen molar-refractivity contribution in [3.63, 3.8) is 0 Å². The molecule has 0 unspecified atom stereocenters. The molecular weight excluding hydrogens is 469 g/mol. The topological polar surface area (TPSA) is 78.4 Å². The van der Waals surface area contributed by atoms with Crippen LogP contribution in [0.15, 0.2) is 72.5 Å². The van der Waals surface area contributed by atoms with Crippen molar-refractivity contribution in [2.24, 2.45) is 5.10 Å². The lowest BCUT2D eigenvalue weighted by Crippen LogP contribution is -2.19. The van der Waals surface area contributed by atoms with Crippen LogP contribution >= 0.6 is 39.3 Å². The third-order valence-corrected chi connectivity index (χ3v) is 5.50. The van der Waals surface area contributed by atoms with Gasteiger partial charge in [-0.1, -0.05) is 23.4 Å². The highest BCUT2D eigenvalue weighted by Crippen LogP contribution is 2.35. The maximum Gasteiger partial charge on any atom is 0.274 e. The van der Waals surface area contributed by atoms with E-state index < -0.39 is 11.7 Å². The number of carbonyl (C=O) groups is 1. The van der Waals surface area contributed by atoms with Crippen LogP contribution in [-0.4, -0.2) is 12.1 Å². The van der Waals surface area contributed by atoms with Crippen LogP contribution in [0.4, 0.5) is 4.39 Å². The van der Waals surface area contributed by atoms with E-state index in [1.165, 1.54) is 30.1 Å². The van der Waals surface area contributed by atoms with Gasteiger partial charge in [0.25, 0.3) is 5.91 Å². The number of hydrogen-bond donors (Lipinski definition) is 1. The summed E-state index contributed by atoms with van der Waals surface area (Å²) in [4.78, 5) is 12.9. The Bertz CT molecular complexity index is 1090. The van der Waals surface area contributed by atoms with Crippen molar-refractivity contribution >= 4 is 51.4 Å². The number of nitrogens with zero attached hydrogens (tertiary/aromatic N) is 2. The van der Waals surface area contributed by atoms with E-state index in [9.17, 15) is 9.18 Å². The molecule has 0 atom stereocenters. The van der Waals surface area contributed by atoms with E-state index in [4.69, 9.17) is 21.3 Å². The van der Waals surface area contributed by atoms with E-state index in [2.05, 4.69) is 26.5 Å². The molecule has 2 aromatic carbocycles. The summed E-state index contributed by atoms with van der Waals surface area (Å²) >= 11 is 10.7. The normalized spacial score (nSPS) is 10.8. The molecule has 0 bridgehead atoms. The van der Waals surface area contributed by atoms with Gasteiger partial charge in [-0.2, -0.15) is 10.4 Å². The molecule has 1 N–H and O–H groups in total. The number of hydrogen-bond acceptors (Lipinski definition) is 5. The molecular formula is C19H10BrClFN3O2S. The van der Waals surface area contributed by atoms with Gasteiger partial charge in [0.05, 0.1) is 27.9 Å². The van der Waals surface area contributed by atoms with Crippen LogP contribution in [0.25, 0.3) is 0 Å². The Morgan fingerprint density at radius 1 is 1.29 bits per heavy atom. The third kappa shape index (κ3) is 5.01. The molecule has 3 rings (SSSR count). The number of halogens is 3. The van der Waals surface area contributed by atoms with Crippen LogP contribution < -0.4 is 5.43 Å². The lowest BCUT2D eigenvalue weighted by atomic mass is 10.1. The fraction of sp³-hybridized carbons (Fsp3) is 0. The second kappa shape index (κ2) is 9.06. The molecule has 0 aliphatic rings. The second-order valence-electron chi connectivity index (χ2n) is 5.35. The first-order valence-corrected chi connectivity index (χ1v) is 9.71. The quantitative estimate of drug-likeness (QED) is 0.381. The Labute approximate surface area is 177 Å². The summed E-state index contributed by atoms with van der Waals surface area (Å²) in [6.07, 6.45) is 1.30. The van der Waals surface area contributed by atoms with E-state index in [1.807, 2.05) is 12.1 Å². The minimum absolute atomic E-state index is 0.128. The predicted octanol–water partition coefficient (Wildman–Crippen LogP) is 5.62. The van der Waals surface area contributed by atoms with Crippen LogP contribution in [0.2, 0.25) is 5.02 Å². The van der Waals surface area contributed by atoms with E-state index in [0.29, 0.717) is 15.9 Å². The zero-order valence-corrected chi connectivity index (χ0v) is 17.1. The molecule has 28 heavy (non-hydrogen) atoms. The van der Waals surface area contributed by atoms with Crippen molar-refractivity contribution in [3.05, 3.63) is 80.7 Å². The molecule has 140 valence electrons. The molecule has 0 aliphatic heterocycles. The number of amides is 1. The average molecular weight is 479 g/mol. The maximum absolute atomic E-state index is 13.8. The summed E-state index contributed by atoms with van der Waals surface area (Å²) in [7, 11) is 0. The van der Waals surface area contributed by atoms with Gasteiger partial charge in [0, 0.05) is 16.0 Å². The first kappa shape index (κ1) is 20.1. The molecule has 0 aliphatic carbocycles. The molecule has 3 aromatic rings. The molecule has 1 heterocycles. The van der Waals surface area contributed by atoms with Gasteiger partial charge >= 0.3 is 0 Å². The molecule has 0 radical (unpaired) electrons. The van der Waals surface area contributed by atoms with Crippen molar-refractivity contribution in [1.82, 2.24) is 5.43 Å². The van der Waals surface area contributed by atoms with E-state index >= 15 is 0 Å². The Morgan fingerprint density at radius 2 is 2.04 bits per heavy atom. The summed E-state index contributed by atoms with van der Waals surface area (Å²) in [5, 5.41) is 13.8. The lowest BCUT2D eigenvalue weighted by molar-refractivity contribution is 0.0951. The van der Waals surface area contributed by atoms with Gasteiger partial charge in [-0.05, 0) is 58.4 Å². The third-order valence-electron chi connectivity index (χ3n) is 3.40. The molecule has 0 saturated carbocycles. The zero-order chi connectivity index (χ0) is 20.1. The molecule has 5 nitrogen and oxygen atoms in total. The highest BCUT2D eigenvalue weighted by molar-refractivity contribution is 9.10. The van der Waals surface area contributed by atoms with Crippen LogP contribution in [0.3, 0.4) is 0 Å². The number of nitrogens with one attached hydrogen (secondary N) is 1. The highest BCUT2D eigenvalue weighted by atomic mass is 79.9. The molecule has 0 spiro atoms.